The van der Waals surface area contributed by atoms with E-state index in [9.17, 15) is 4.79 Å². The second-order valence-corrected chi connectivity index (χ2v) is 10.9. The number of para-hydroxylation sites is 1. The van der Waals surface area contributed by atoms with Crippen molar-refractivity contribution in [1.29, 1.82) is 0 Å². The highest BCUT2D eigenvalue weighted by molar-refractivity contribution is 8.00. The Hall–Kier alpha value is -2.60. The molecule has 2 saturated carbocycles. The molecule has 2 aliphatic rings. The largest absolute Gasteiger partial charge is 0.352 e. The number of rotatable bonds is 8. The average molecular weight is 461 g/mol. The third-order valence-electron chi connectivity index (χ3n) is 7.38. The zero-order valence-electron chi connectivity index (χ0n) is 19.4. The van der Waals surface area contributed by atoms with Gasteiger partial charge in [0.25, 0.3) is 0 Å². The third kappa shape index (κ3) is 4.86. The van der Waals surface area contributed by atoms with E-state index in [2.05, 4.69) is 51.3 Å². The molecule has 5 nitrogen and oxygen atoms in total. The summed E-state index contributed by atoms with van der Waals surface area (Å²) in [4.78, 5) is 13.1. The van der Waals surface area contributed by atoms with E-state index in [1.807, 2.05) is 43.3 Å². The van der Waals surface area contributed by atoms with Gasteiger partial charge in [-0.1, -0.05) is 66.7 Å². The van der Waals surface area contributed by atoms with Crippen molar-refractivity contribution in [2.45, 2.75) is 62.4 Å². The lowest BCUT2D eigenvalue weighted by Gasteiger charge is -2.29. The number of hydrogen-bond acceptors (Lipinski definition) is 4. The molecule has 3 aromatic rings. The molecule has 33 heavy (non-hydrogen) atoms. The molecule has 2 aliphatic carbocycles. The standard InChI is InChI=1S/C27H32N4OS/c1-18(24-16-21-13-14-22(24)15-21)28-26(32)19(2)33-27-30-29-25(17-20-9-5-3-6-10-20)31(27)23-11-7-4-8-12-23/h3-12,18-19,21-22,24H,13-17H2,1-2H3,(H,28,32). The van der Waals surface area contributed by atoms with Crippen LogP contribution in [0.25, 0.3) is 5.69 Å². The van der Waals surface area contributed by atoms with Crippen LogP contribution < -0.4 is 5.32 Å². The van der Waals surface area contributed by atoms with Crippen molar-refractivity contribution < 1.29 is 4.79 Å². The Morgan fingerprint density at radius 3 is 2.42 bits per heavy atom. The highest BCUT2D eigenvalue weighted by Crippen LogP contribution is 2.49. The normalized spacial score (nSPS) is 23.4. The Morgan fingerprint density at radius 2 is 1.76 bits per heavy atom. The van der Waals surface area contributed by atoms with E-state index in [4.69, 9.17) is 0 Å². The predicted octanol–water partition coefficient (Wildman–Crippen LogP) is 5.28. The summed E-state index contributed by atoms with van der Waals surface area (Å²) in [5.74, 6) is 3.28. The fraction of sp³-hybridized carbons (Fsp3) is 0.444. The minimum absolute atomic E-state index is 0.0856. The van der Waals surface area contributed by atoms with Crippen molar-refractivity contribution in [2.24, 2.45) is 17.8 Å². The van der Waals surface area contributed by atoms with Gasteiger partial charge in [0.15, 0.2) is 5.16 Å². The molecule has 1 aromatic heterocycles. The van der Waals surface area contributed by atoms with Gasteiger partial charge in [-0.3, -0.25) is 9.36 Å². The fourth-order valence-electron chi connectivity index (χ4n) is 5.67. The molecule has 1 amide bonds. The molecule has 5 atom stereocenters. The van der Waals surface area contributed by atoms with Crippen LogP contribution in [-0.4, -0.2) is 32.0 Å². The summed E-state index contributed by atoms with van der Waals surface area (Å²) < 4.78 is 2.08. The second kappa shape index (κ2) is 9.72. The minimum Gasteiger partial charge on any atom is -0.352 e. The Labute approximate surface area is 200 Å². The van der Waals surface area contributed by atoms with E-state index in [0.717, 1.165) is 28.5 Å². The zero-order valence-corrected chi connectivity index (χ0v) is 20.2. The Kier molecular flexibility index (Phi) is 6.54. The molecule has 2 bridgehead atoms. The molecule has 2 fully saturated rings. The molecule has 5 rings (SSSR count). The van der Waals surface area contributed by atoms with Crippen LogP contribution in [0.5, 0.6) is 0 Å². The maximum Gasteiger partial charge on any atom is 0.233 e. The summed E-state index contributed by atoms with van der Waals surface area (Å²) in [5.41, 5.74) is 2.20. The second-order valence-electron chi connectivity index (χ2n) is 9.63. The number of aromatic nitrogens is 3. The molecule has 172 valence electrons. The van der Waals surface area contributed by atoms with Crippen LogP contribution >= 0.6 is 11.8 Å². The van der Waals surface area contributed by atoms with E-state index < -0.39 is 0 Å². The Bertz CT molecular complexity index is 1080. The number of nitrogens with one attached hydrogen (secondary N) is 1. The van der Waals surface area contributed by atoms with Gasteiger partial charge in [0.05, 0.1) is 5.25 Å². The number of nitrogens with zero attached hydrogens (tertiary/aromatic N) is 3. The van der Waals surface area contributed by atoms with Crippen LogP contribution in [0.4, 0.5) is 0 Å². The van der Waals surface area contributed by atoms with Gasteiger partial charge in [-0.25, -0.2) is 0 Å². The number of amides is 1. The molecular weight excluding hydrogens is 428 g/mol. The maximum atomic E-state index is 13.1. The first-order valence-electron chi connectivity index (χ1n) is 12.1. The van der Waals surface area contributed by atoms with Gasteiger partial charge < -0.3 is 5.32 Å². The Balaban J connectivity index is 1.31. The van der Waals surface area contributed by atoms with Gasteiger partial charge in [-0.2, -0.15) is 0 Å². The van der Waals surface area contributed by atoms with E-state index in [1.54, 1.807) is 0 Å². The smallest absolute Gasteiger partial charge is 0.233 e. The van der Waals surface area contributed by atoms with Crippen molar-refractivity contribution in [3.63, 3.8) is 0 Å². The van der Waals surface area contributed by atoms with Crippen molar-refractivity contribution in [3.05, 3.63) is 72.1 Å². The van der Waals surface area contributed by atoms with Gasteiger partial charge in [-0.05, 0) is 68.6 Å². The molecule has 0 radical (unpaired) electrons. The van der Waals surface area contributed by atoms with E-state index >= 15 is 0 Å². The summed E-state index contributed by atoms with van der Waals surface area (Å²) in [6, 6.07) is 20.7. The maximum absolute atomic E-state index is 13.1. The molecule has 1 heterocycles. The van der Waals surface area contributed by atoms with Crippen molar-refractivity contribution in [2.75, 3.05) is 0 Å². The number of carbonyl (C=O) groups excluding carboxylic acids is 1. The number of carbonyl (C=O) groups is 1. The van der Waals surface area contributed by atoms with Gasteiger partial charge in [-0.15, -0.1) is 10.2 Å². The van der Waals surface area contributed by atoms with Crippen molar-refractivity contribution >= 4 is 17.7 Å². The molecule has 0 saturated heterocycles. The van der Waals surface area contributed by atoms with Crippen LogP contribution in [0.2, 0.25) is 0 Å². The molecule has 0 aliphatic heterocycles. The summed E-state index contributed by atoms with van der Waals surface area (Å²) >= 11 is 1.48. The van der Waals surface area contributed by atoms with Crippen LogP contribution in [0, 0.1) is 17.8 Å². The average Bonchev–Trinajstić information content (AvgIpc) is 3.57. The number of fused-ring (bicyclic) bond motifs is 2. The first-order valence-corrected chi connectivity index (χ1v) is 13.0. The Morgan fingerprint density at radius 1 is 1.03 bits per heavy atom. The van der Waals surface area contributed by atoms with Crippen molar-refractivity contribution in [1.82, 2.24) is 20.1 Å². The van der Waals surface area contributed by atoms with Gasteiger partial charge in [0.2, 0.25) is 5.91 Å². The summed E-state index contributed by atoms with van der Waals surface area (Å²) in [6.07, 6.45) is 6.04. The topological polar surface area (TPSA) is 59.8 Å². The quantitative estimate of drug-likeness (QED) is 0.465. The molecule has 2 aromatic carbocycles. The van der Waals surface area contributed by atoms with Gasteiger partial charge in [0, 0.05) is 18.2 Å². The number of thioether (sulfide) groups is 1. The minimum atomic E-state index is -0.248. The van der Waals surface area contributed by atoms with Crippen LogP contribution in [-0.2, 0) is 11.2 Å². The molecule has 6 heteroatoms. The lowest BCUT2D eigenvalue weighted by atomic mass is 9.84. The first-order chi connectivity index (χ1) is 16.1. The number of hydrogen-bond donors (Lipinski definition) is 1. The van der Waals surface area contributed by atoms with Crippen LogP contribution in [0.3, 0.4) is 0 Å². The third-order valence-corrected chi connectivity index (χ3v) is 8.42. The van der Waals surface area contributed by atoms with E-state index in [0.29, 0.717) is 12.3 Å². The summed E-state index contributed by atoms with van der Waals surface area (Å²) in [5, 5.41) is 12.8. The highest BCUT2D eigenvalue weighted by atomic mass is 32.2. The lowest BCUT2D eigenvalue weighted by Crippen LogP contribution is -2.43. The molecule has 1 N–H and O–H groups in total. The first kappa shape index (κ1) is 22.2. The molecule has 5 unspecified atom stereocenters. The SMILES string of the molecule is CC(Sc1nnc(Cc2ccccc2)n1-c1ccccc1)C(=O)NC(C)C1CC2CCC1C2. The molecule has 0 spiro atoms. The summed E-state index contributed by atoms with van der Waals surface area (Å²) in [7, 11) is 0. The van der Waals surface area contributed by atoms with E-state index in [-0.39, 0.29) is 17.2 Å². The zero-order chi connectivity index (χ0) is 22.8. The monoisotopic (exact) mass is 460 g/mol. The fourth-order valence-corrected chi connectivity index (χ4v) is 6.57. The predicted molar refractivity (Wildman–Crippen MR) is 132 cm³/mol. The molecular formula is C27H32N4OS. The van der Waals surface area contributed by atoms with Crippen molar-refractivity contribution in [3.8, 4) is 5.69 Å². The number of benzene rings is 2. The van der Waals surface area contributed by atoms with Crippen LogP contribution in [0.1, 0.15) is 50.9 Å². The summed E-state index contributed by atoms with van der Waals surface area (Å²) in [6.45, 7) is 4.15. The van der Waals surface area contributed by atoms with Crippen LogP contribution in [0.15, 0.2) is 65.8 Å². The lowest BCUT2D eigenvalue weighted by molar-refractivity contribution is -0.121. The van der Waals surface area contributed by atoms with Gasteiger partial charge in [0.1, 0.15) is 5.82 Å². The highest BCUT2D eigenvalue weighted by Gasteiger charge is 2.42. The van der Waals surface area contributed by atoms with Gasteiger partial charge >= 0.3 is 0 Å². The van der Waals surface area contributed by atoms with E-state index in [1.165, 1.54) is 43.0 Å².